The zero-order chi connectivity index (χ0) is 13.3. The lowest BCUT2D eigenvalue weighted by molar-refractivity contribution is -0.129. The molecule has 3 N–H and O–H groups in total. The molecule has 0 aliphatic heterocycles. The van der Waals surface area contributed by atoms with Gasteiger partial charge in [-0.1, -0.05) is 27.7 Å². The topological polar surface area (TPSA) is 55.1 Å². The molecule has 0 bridgehead atoms. The smallest absolute Gasteiger partial charge is 0.237 e. The number of amides is 1. The van der Waals surface area contributed by atoms with E-state index in [2.05, 4.69) is 39.9 Å². The van der Waals surface area contributed by atoms with Crippen LogP contribution in [0.25, 0.3) is 0 Å². The minimum Gasteiger partial charge on any atom is -0.368 e. The highest BCUT2D eigenvalue weighted by Crippen LogP contribution is 2.44. The molecule has 100 valence electrons. The van der Waals surface area contributed by atoms with Gasteiger partial charge in [0.1, 0.15) is 0 Å². The van der Waals surface area contributed by atoms with E-state index in [1.165, 1.54) is 6.42 Å². The van der Waals surface area contributed by atoms with Gasteiger partial charge in [0.25, 0.3) is 0 Å². The fraction of sp³-hybridized carbons (Fsp3) is 0.929. The summed E-state index contributed by atoms with van der Waals surface area (Å²) in [5.74, 6) is 0.361. The normalized spacial score (nSPS) is 34.3. The number of hydrogen-bond donors (Lipinski definition) is 2. The van der Waals surface area contributed by atoms with Gasteiger partial charge in [-0.3, -0.25) is 4.79 Å². The summed E-state index contributed by atoms with van der Waals surface area (Å²) in [5, 5.41) is 3.49. The van der Waals surface area contributed by atoms with Crippen LogP contribution in [-0.4, -0.2) is 17.5 Å². The average Bonchev–Trinajstić information content (AvgIpc) is 2.13. The number of hydrogen-bond acceptors (Lipinski definition) is 2. The molecule has 17 heavy (non-hydrogen) atoms. The van der Waals surface area contributed by atoms with Crippen molar-refractivity contribution in [3.63, 3.8) is 0 Å². The zero-order valence-corrected chi connectivity index (χ0v) is 12.0. The molecule has 0 aromatic carbocycles. The zero-order valence-electron chi connectivity index (χ0n) is 12.0. The van der Waals surface area contributed by atoms with Gasteiger partial charge in [0.2, 0.25) is 5.91 Å². The first kappa shape index (κ1) is 14.5. The third kappa shape index (κ3) is 3.44. The molecule has 3 heteroatoms. The predicted octanol–water partition coefficient (Wildman–Crippen LogP) is 2.44. The van der Waals surface area contributed by atoms with Gasteiger partial charge in [0.15, 0.2) is 0 Å². The van der Waals surface area contributed by atoms with E-state index in [9.17, 15) is 4.79 Å². The van der Waals surface area contributed by atoms with E-state index in [0.29, 0.717) is 12.0 Å². The first-order valence-corrected chi connectivity index (χ1v) is 6.78. The Morgan fingerprint density at radius 2 is 2.06 bits per heavy atom. The highest BCUT2D eigenvalue weighted by atomic mass is 16.1. The Balaban J connectivity index is 2.94. The lowest BCUT2D eigenvalue weighted by atomic mass is 9.63. The molecule has 1 amide bonds. The van der Waals surface area contributed by atoms with E-state index < -0.39 is 5.54 Å². The first-order chi connectivity index (χ1) is 7.71. The van der Waals surface area contributed by atoms with Crippen LogP contribution in [0.4, 0.5) is 0 Å². The summed E-state index contributed by atoms with van der Waals surface area (Å²) in [6.45, 7) is 10.9. The van der Waals surface area contributed by atoms with E-state index in [4.69, 9.17) is 5.73 Å². The molecule has 0 radical (unpaired) electrons. The molecule has 3 atom stereocenters. The van der Waals surface area contributed by atoms with Crippen molar-refractivity contribution in [2.45, 2.75) is 71.9 Å². The third-order valence-electron chi connectivity index (χ3n) is 3.99. The van der Waals surface area contributed by atoms with E-state index >= 15 is 0 Å². The molecular formula is C14H28N2O. The van der Waals surface area contributed by atoms with Crippen molar-refractivity contribution in [2.75, 3.05) is 0 Å². The van der Waals surface area contributed by atoms with Crippen molar-refractivity contribution < 1.29 is 4.79 Å². The van der Waals surface area contributed by atoms with Crippen LogP contribution in [0, 0.1) is 11.3 Å². The molecule has 0 saturated heterocycles. The molecule has 3 unspecified atom stereocenters. The number of carbonyl (C=O) groups is 1. The predicted molar refractivity (Wildman–Crippen MR) is 71.6 cm³/mol. The van der Waals surface area contributed by atoms with Gasteiger partial charge < -0.3 is 11.1 Å². The van der Waals surface area contributed by atoms with Gasteiger partial charge in [-0.15, -0.1) is 0 Å². The maximum atomic E-state index is 11.9. The van der Waals surface area contributed by atoms with E-state index in [1.54, 1.807) is 0 Å². The molecule has 1 aliphatic carbocycles. The molecule has 0 aromatic heterocycles. The average molecular weight is 240 g/mol. The standard InChI is InChI=1S/C14H28N2O/c1-6-11(3)16-14(12(15)17)8-10(2)7-13(4,5)9-14/h10-11,16H,6-9H2,1-5H3,(H2,15,17). The number of carbonyl (C=O) groups excluding carboxylic acids is 1. The molecule has 3 nitrogen and oxygen atoms in total. The van der Waals surface area contributed by atoms with Gasteiger partial charge in [-0.05, 0) is 43.9 Å². The molecule has 0 spiro atoms. The Morgan fingerprint density at radius 3 is 2.47 bits per heavy atom. The molecule has 1 fully saturated rings. The second-order valence-electron chi connectivity index (χ2n) is 6.75. The Kier molecular flexibility index (Phi) is 4.23. The molecular weight excluding hydrogens is 212 g/mol. The highest BCUT2D eigenvalue weighted by molar-refractivity contribution is 5.85. The lowest BCUT2D eigenvalue weighted by Crippen LogP contribution is -2.62. The van der Waals surface area contributed by atoms with Crippen LogP contribution in [0.5, 0.6) is 0 Å². The Hall–Kier alpha value is -0.570. The van der Waals surface area contributed by atoms with E-state index in [-0.39, 0.29) is 11.3 Å². The van der Waals surface area contributed by atoms with Gasteiger partial charge in [-0.2, -0.15) is 0 Å². The van der Waals surface area contributed by atoms with Crippen molar-refractivity contribution in [3.05, 3.63) is 0 Å². The molecule has 0 heterocycles. The molecule has 0 aromatic rings. The minimum atomic E-state index is -0.503. The first-order valence-electron chi connectivity index (χ1n) is 6.78. The van der Waals surface area contributed by atoms with Crippen molar-refractivity contribution in [3.8, 4) is 0 Å². The van der Waals surface area contributed by atoms with Crippen LogP contribution < -0.4 is 11.1 Å². The second kappa shape index (κ2) is 4.97. The fourth-order valence-electron chi connectivity index (χ4n) is 3.51. The number of nitrogens with two attached hydrogens (primary N) is 1. The number of rotatable bonds is 4. The largest absolute Gasteiger partial charge is 0.368 e. The van der Waals surface area contributed by atoms with Crippen LogP contribution in [0.3, 0.4) is 0 Å². The van der Waals surface area contributed by atoms with Gasteiger partial charge in [0.05, 0.1) is 5.54 Å². The minimum absolute atomic E-state index is 0.183. The summed E-state index contributed by atoms with van der Waals surface area (Å²) in [7, 11) is 0. The Bertz CT molecular complexity index is 288. The second-order valence-corrected chi connectivity index (χ2v) is 6.75. The van der Waals surface area contributed by atoms with E-state index in [1.807, 2.05) is 0 Å². The quantitative estimate of drug-likeness (QED) is 0.793. The van der Waals surface area contributed by atoms with E-state index in [0.717, 1.165) is 19.3 Å². The van der Waals surface area contributed by atoms with Crippen LogP contribution in [-0.2, 0) is 4.79 Å². The maximum absolute atomic E-state index is 11.9. The SMILES string of the molecule is CCC(C)NC1(C(N)=O)CC(C)CC(C)(C)C1. The van der Waals surface area contributed by atoms with Crippen molar-refractivity contribution >= 4 is 5.91 Å². The van der Waals surface area contributed by atoms with Crippen molar-refractivity contribution in [2.24, 2.45) is 17.1 Å². The third-order valence-corrected chi connectivity index (χ3v) is 3.99. The van der Waals surface area contributed by atoms with Crippen LogP contribution in [0.2, 0.25) is 0 Å². The highest BCUT2D eigenvalue weighted by Gasteiger charge is 2.47. The van der Waals surface area contributed by atoms with Crippen molar-refractivity contribution in [1.29, 1.82) is 0 Å². The van der Waals surface area contributed by atoms with Gasteiger partial charge >= 0.3 is 0 Å². The number of primary amides is 1. The fourth-order valence-corrected chi connectivity index (χ4v) is 3.51. The molecule has 1 rings (SSSR count). The van der Waals surface area contributed by atoms with Gasteiger partial charge in [0, 0.05) is 6.04 Å². The molecule has 1 aliphatic rings. The summed E-state index contributed by atoms with van der Waals surface area (Å²) >= 11 is 0. The van der Waals surface area contributed by atoms with Gasteiger partial charge in [-0.25, -0.2) is 0 Å². The summed E-state index contributed by atoms with van der Waals surface area (Å²) in [5.41, 5.74) is 5.37. The van der Waals surface area contributed by atoms with Crippen molar-refractivity contribution in [1.82, 2.24) is 5.32 Å². The summed E-state index contributed by atoms with van der Waals surface area (Å²) < 4.78 is 0. The maximum Gasteiger partial charge on any atom is 0.237 e. The Labute approximate surface area is 106 Å². The monoisotopic (exact) mass is 240 g/mol. The summed E-state index contributed by atoms with van der Waals surface area (Å²) in [6, 6.07) is 0.337. The Morgan fingerprint density at radius 1 is 1.47 bits per heavy atom. The lowest BCUT2D eigenvalue weighted by Gasteiger charge is -2.47. The van der Waals surface area contributed by atoms with Crippen LogP contribution >= 0.6 is 0 Å². The molecule has 1 saturated carbocycles. The number of nitrogens with one attached hydrogen (secondary N) is 1. The van der Waals surface area contributed by atoms with Crippen LogP contribution in [0.1, 0.15) is 60.3 Å². The summed E-state index contributed by atoms with van der Waals surface area (Å²) in [4.78, 5) is 11.9. The van der Waals surface area contributed by atoms with Crippen LogP contribution in [0.15, 0.2) is 0 Å². The summed E-state index contributed by atoms with van der Waals surface area (Å²) in [6.07, 6.45) is 3.91.